The minimum absolute atomic E-state index is 0.0190. The summed E-state index contributed by atoms with van der Waals surface area (Å²) < 4.78 is 31.4. The fourth-order valence-electron chi connectivity index (χ4n) is 1.96. The first-order valence-electron chi connectivity index (χ1n) is 5.58. The Hall–Kier alpha value is -1.85. The summed E-state index contributed by atoms with van der Waals surface area (Å²) in [4.78, 5) is 12.9. The molecule has 0 saturated carbocycles. The van der Waals surface area contributed by atoms with E-state index in [4.69, 9.17) is 10.5 Å². The van der Waals surface area contributed by atoms with Crippen molar-refractivity contribution in [2.45, 2.75) is 6.42 Å². The first-order valence-corrected chi connectivity index (χ1v) is 5.58. The summed E-state index contributed by atoms with van der Waals surface area (Å²) in [6, 6.07) is 1.74. The van der Waals surface area contributed by atoms with Crippen LogP contribution in [0.25, 0.3) is 0 Å². The molecule has 18 heavy (non-hydrogen) atoms. The molecule has 4 nitrogen and oxygen atoms in total. The number of halogens is 2. The summed E-state index contributed by atoms with van der Waals surface area (Å²) in [6.07, 6.45) is 0.383. The third kappa shape index (κ3) is 2.52. The van der Waals surface area contributed by atoms with E-state index in [0.29, 0.717) is 19.0 Å². The van der Waals surface area contributed by atoms with E-state index in [9.17, 15) is 13.6 Å². The average Bonchev–Trinajstić information content (AvgIpc) is 2.61. The van der Waals surface area contributed by atoms with Gasteiger partial charge >= 0.3 is 0 Å². The largest absolute Gasteiger partial charge is 0.491 e. The van der Waals surface area contributed by atoms with Crippen molar-refractivity contribution in [1.82, 2.24) is 4.90 Å². The molecule has 1 aliphatic heterocycles. The molecule has 2 rings (SSSR count). The van der Waals surface area contributed by atoms with Gasteiger partial charge in [-0.05, 0) is 0 Å². The molecule has 0 spiro atoms. The second-order valence-electron chi connectivity index (χ2n) is 4.45. The number of amides is 1. The Morgan fingerprint density at radius 2 is 2.22 bits per heavy atom. The molecule has 98 valence electrons. The minimum atomic E-state index is -0.843. The Morgan fingerprint density at radius 3 is 2.83 bits per heavy atom. The van der Waals surface area contributed by atoms with Gasteiger partial charge in [0.15, 0.2) is 5.82 Å². The molecule has 1 atom stereocenters. The zero-order valence-corrected chi connectivity index (χ0v) is 9.95. The van der Waals surface area contributed by atoms with Gasteiger partial charge in [-0.25, -0.2) is 8.78 Å². The highest BCUT2D eigenvalue weighted by Crippen LogP contribution is 2.27. The maximum atomic E-state index is 13.2. The van der Waals surface area contributed by atoms with E-state index in [1.165, 1.54) is 0 Å². The van der Waals surface area contributed by atoms with Gasteiger partial charge < -0.3 is 15.4 Å². The molecule has 0 radical (unpaired) electrons. The van der Waals surface area contributed by atoms with Crippen LogP contribution in [0.2, 0.25) is 0 Å². The van der Waals surface area contributed by atoms with Gasteiger partial charge in [0.2, 0.25) is 5.91 Å². The predicted octanol–water partition coefficient (Wildman–Crippen LogP) is 1.40. The number of benzene rings is 1. The normalized spacial score (nSPS) is 19.4. The lowest BCUT2D eigenvalue weighted by Crippen LogP contribution is -2.20. The van der Waals surface area contributed by atoms with Gasteiger partial charge in [-0.3, -0.25) is 4.79 Å². The number of carbonyl (C=O) groups excluding carboxylic acids is 1. The van der Waals surface area contributed by atoms with Gasteiger partial charge in [0.1, 0.15) is 17.3 Å². The number of nitrogens with zero attached hydrogens (tertiary/aromatic N) is 1. The molecule has 1 amide bonds. The third-order valence-electron chi connectivity index (χ3n) is 2.95. The molecule has 1 aliphatic rings. The fourth-order valence-corrected chi connectivity index (χ4v) is 1.96. The minimum Gasteiger partial charge on any atom is -0.491 e. The van der Waals surface area contributed by atoms with E-state index in [2.05, 4.69) is 0 Å². The van der Waals surface area contributed by atoms with Gasteiger partial charge in [0.05, 0.1) is 6.61 Å². The smallest absolute Gasteiger partial charge is 0.222 e. The van der Waals surface area contributed by atoms with E-state index >= 15 is 0 Å². The molecule has 0 bridgehead atoms. The fraction of sp³-hybridized carbons (Fsp3) is 0.417. The van der Waals surface area contributed by atoms with E-state index in [1.54, 1.807) is 11.9 Å². The second-order valence-corrected chi connectivity index (χ2v) is 4.45. The molecule has 1 unspecified atom stereocenters. The van der Waals surface area contributed by atoms with Gasteiger partial charge in [0, 0.05) is 38.1 Å². The summed E-state index contributed by atoms with van der Waals surface area (Å²) >= 11 is 0. The monoisotopic (exact) mass is 256 g/mol. The first-order chi connectivity index (χ1) is 8.47. The molecule has 0 aromatic heterocycles. The van der Waals surface area contributed by atoms with Gasteiger partial charge in [-0.15, -0.1) is 0 Å². The van der Waals surface area contributed by atoms with Crippen LogP contribution in [0.5, 0.6) is 5.75 Å². The quantitative estimate of drug-likeness (QED) is 0.832. The van der Waals surface area contributed by atoms with Crippen LogP contribution < -0.4 is 10.5 Å². The summed E-state index contributed by atoms with van der Waals surface area (Å²) in [5, 5.41) is 0. The summed E-state index contributed by atoms with van der Waals surface area (Å²) in [5.74, 6) is -1.54. The summed E-state index contributed by atoms with van der Waals surface area (Å²) in [6.45, 7) is 0.791. The standard InChI is InChI=1S/C12H14F2N2O2/c1-16-5-7(2-11(16)17)6-18-10-4-8(13)3-9(14)12(10)15/h3-4,7H,2,5-6,15H2,1H3. The Balaban J connectivity index is 2.01. The van der Waals surface area contributed by atoms with Crippen molar-refractivity contribution >= 4 is 11.6 Å². The maximum absolute atomic E-state index is 13.2. The summed E-state index contributed by atoms with van der Waals surface area (Å²) in [7, 11) is 1.71. The lowest BCUT2D eigenvalue weighted by molar-refractivity contribution is -0.126. The number of hydrogen-bond acceptors (Lipinski definition) is 3. The van der Waals surface area contributed by atoms with Crippen molar-refractivity contribution in [3.05, 3.63) is 23.8 Å². The lowest BCUT2D eigenvalue weighted by Gasteiger charge is -2.13. The Labute approximate surface area is 103 Å². The van der Waals surface area contributed by atoms with Crippen molar-refractivity contribution in [3.8, 4) is 5.75 Å². The van der Waals surface area contributed by atoms with E-state index < -0.39 is 11.6 Å². The number of rotatable bonds is 3. The molecule has 1 heterocycles. The average molecular weight is 256 g/mol. The predicted molar refractivity (Wildman–Crippen MR) is 62.0 cm³/mol. The van der Waals surface area contributed by atoms with Crippen LogP contribution in [0.15, 0.2) is 12.1 Å². The van der Waals surface area contributed by atoms with Crippen LogP contribution in [0.1, 0.15) is 6.42 Å². The van der Waals surface area contributed by atoms with Crippen LogP contribution in [-0.2, 0) is 4.79 Å². The molecule has 2 N–H and O–H groups in total. The second kappa shape index (κ2) is 4.80. The SMILES string of the molecule is CN1CC(COc2cc(F)cc(F)c2N)CC1=O. The number of likely N-dealkylation sites (tertiary alicyclic amines) is 1. The molecule has 1 aromatic carbocycles. The highest BCUT2D eigenvalue weighted by molar-refractivity contribution is 5.78. The number of hydrogen-bond donors (Lipinski definition) is 1. The van der Waals surface area contributed by atoms with E-state index in [-0.39, 0.29) is 29.9 Å². The van der Waals surface area contributed by atoms with Crippen LogP contribution in [0.4, 0.5) is 14.5 Å². The molecule has 1 fully saturated rings. The Kier molecular flexibility index (Phi) is 3.36. The maximum Gasteiger partial charge on any atom is 0.222 e. The number of nitrogen functional groups attached to an aromatic ring is 1. The van der Waals surface area contributed by atoms with Crippen molar-refractivity contribution < 1.29 is 18.3 Å². The zero-order valence-electron chi connectivity index (χ0n) is 9.95. The molecule has 1 aromatic rings. The van der Waals surface area contributed by atoms with Gasteiger partial charge in [-0.1, -0.05) is 0 Å². The van der Waals surface area contributed by atoms with Crippen molar-refractivity contribution in [2.24, 2.45) is 5.92 Å². The molecular formula is C12H14F2N2O2. The van der Waals surface area contributed by atoms with E-state index in [1.807, 2.05) is 0 Å². The van der Waals surface area contributed by atoms with Crippen LogP contribution in [-0.4, -0.2) is 31.0 Å². The van der Waals surface area contributed by atoms with Crippen molar-refractivity contribution in [1.29, 1.82) is 0 Å². The Bertz CT molecular complexity index is 479. The van der Waals surface area contributed by atoms with Crippen LogP contribution >= 0.6 is 0 Å². The molecule has 6 heteroatoms. The number of ether oxygens (including phenoxy) is 1. The number of carbonyl (C=O) groups is 1. The highest BCUT2D eigenvalue weighted by atomic mass is 19.1. The number of anilines is 1. The molecule has 0 aliphatic carbocycles. The number of nitrogens with two attached hydrogens (primary N) is 1. The topological polar surface area (TPSA) is 55.6 Å². The van der Waals surface area contributed by atoms with Gasteiger partial charge in [0.25, 0.3) is 0 Å². The molecular weight excluding hydrogens is 242 g/mol. The van der Waals surface area contributed by atoms with Crippen LogP contribution in [0, 0.1) is 17.6 Å². The Morgan fingerprint density at radius 1 is 1.50 bits per heavy atom. The van der Waals surface area contributed by atoms with E-state index in [0.717, 1.165) is 6.07 Å². The van der Waals surface area contributed by atoms with Crippen molar-refractivity contribution in [3.63, 3.8) is 0 Å². The zero-order chi connectivity index (χ0) is 13.3. The third-order valence-corrected chi connectivity index (χ3v) is 2.95. The van der Waals surface area contributed by atoms with Crippen molar-refractivity contribution in [2.75, 3.05) is 25.9 Å². The van der Waals surface area contributed by atoms with Gasteiger partial charge in [-0.2, -0.15) is 0 Å². The first kappa shape index (κ1) is 12.6. The highest BCUT2D eigenvalue weighted by Gasteiger charge is 2.27. The lowest BCUT2D eigenvalue weighted by atomic mass is 10.1. The summed E-state index contributed by atoms with van der Waals surface area (Å²) in [5.41, 5.74) is 5.23. The molecule has 1 saturated heterocycles. The van der Waals surface area contributed by atoms with Crippen LogP contribution in [0.3, 0.4) is 0 Å².